The number of anilines is 1. The largest absolute Gasteiger partial charge is 0.464 e. The molecule has 0 bridgehead atoms. The van der Waals surface area contributed by atoms with Crippen molar-refractivity contribution in [3.63, 3.8) is 0 Å². The number of aryl methyl sites for hydroxylation is 1. The molecule has 1 saturated heterocycles. The third-order valence-electron chi connectivity index (χ3n) is 3.98. The summed E-state index contributed by atoms with van der Waals surface area (Å²) < 4.78 is 38.4. The molecule has 7 nitrogen and oxygen atoms in total. The molecule has 0 aliphatic carbocycles. The fourth-order valence-electron chi connectivity index (χ4n) is 2.83. The van der Waals surface area contributed by atoms with Crippen LogP contribution in [-0.4, -0.2) is 39.6 Å². The second-order valence-electron chi connectivity index (χ2n) is 5.55. The van der Waals surface area contributed by atoms with Gasteiger partial charge in [0.1, 0.15) is 17.6 Å². The summed E-state index contributed by atoms with van der Waals surface area (Å²) in [6.45, 7) is 3.42. The van der Waals surface area contributed by atoms with Crippen LogP contribution in [0.3, 0.4) is 0 Å². The molecule has 0 radical (unpaired) electrons. The zero-order valence-corrected chi connectivity index (χ0v) is 12.9. The molecule has 1 atom stereocenters. The first kappa shape index (κ1) is 15.0. The molecule has 0 aromatic carbocycles. The normalized spacial score (nSPS) is 18.7. The third-order valence-corrected chi connectivity index (χ3v) is 3.98. The number of morpholine rings is 1. The van der Waals surface area contributed by atoms with Crippen molar-refractivity contribution in [1.82, 2.24) is 19.8 Å². The number of halogens is 2. The van der Waals surface area contributed by atoms with Gasteiger partial charge in [-0.05, 0) is 31.2 Å². The van der Waals surface area contributed by atoms with Crippen LogP contribution in [0.5, 0.6) is 0 Å². The van der Waals surface area contributed by atoms with Crippen molar-refractivity contribution in [2.75, 3.05) is 24.7 Å². The van der Waals surface area contributed by atoms with E-state index in [1.165, 1.54) is 0 Å². The molecule has 126 valence electrons. The Balaban J connectivity index is 1.75. The summed E-state index contributed by atoms with van der Waals surface area (Å²) in [7, 11) is 0. The van der Waals surface area contributed by atoms with E-state index in [0.717, 1.165) is 16.0 Å². The molecule has 4 rings (SSSR count). The van der Waals surface area contributed by atoms with E-state index in [2.05, 4.69) is 15.3 Å². The highest BCUT2D eigenvalue weighted by Gasteiger charge is 2.29. The van der Waals surface area contributed by atoms with E-state index in [0.29, 0.717) is 25.6 Å². The van der Waals surface area contributed by atoms with Crippen LogP contribution in [0.4, 0.5) is 14.6 Å². The second-order valence-corrected chi connectivity index (χ2v) is 5.55. The molecule has 24 heavy (non-hydrogen) atoms. The summed E-state index contributed by atoms with van der Waals surface area (Å²) in [5, 5.41) is 11.5. The smallest absolute Gasteiger partial charge is 0.299 e. The summed E-state index contributed by atoms with van der Waals surface area (Å²) >= 11 is 0. The van der Waals surface area contributed by atoms with Crippen molar-refractivity contribution in [3.05, 3.63) is 41.6 Å². The third kappa shape index (κ3) is 2.50. The number of hydrogen-bond donors (Lipinski definition) is 0. The van der Waals surface area contributed by atoms with E-state index in [-0.39, 0.29) is 11.7 Å². The van der Waals surface area contributed by atoms with Crippen LogP contribution in [0, 0.1) is 6.92 Å². The minimum absolute atomic E-state index is 0.163. The van der Waals surface area contributed by atoms with Gasteiger partial charge in [-0.15, -0.1) is 15.3 Å². The van der Waals surface area contributed by atoms with E-state index in [4.69, 9.17) is 9.15 Å². The maximum Gasteiger partial charge on any atom is 0.299 e. The zero-order valence-electron chi connectivity index (χ0n) is 12.9. The molecule has 3 aromatic rings. The monoisotopic (exact) mass is 335 g/mol. The molecular formula is C15H15F2N5O2. The predicted octanol–water partition coefficient (Wildman–Crippen LogP) is 2.54. The number of aromatic nitrogens is 4. The lowest BCUT2D eigenvalue weighted by Gasteiger charge is -2.35. The average molecular weight is 335 g/mol. The van der Waals surface area contributed by atoms with Crippen LogP contribution >= 0.6 is 0 Å². The molecule has 0 spiro atoms. The van der Waals surface area contributed by atoms with Gasteiger partial charge in [-0.25, -0.2) is 8.78 Å². The van der Waals surface area contributed by atoms with Crippen molar-refractivity contribution in [3.8, 4) is 0 Å². The van der Waals surface area contributed by atoms with Gasteiger partial charge in [0.25, 0.3) is 6.43 Å². The van der Waals surface area contributed by atoms with Gasteiger partial charge >= 0.3 is 0 Å². The first-order valence-corrected chi connectivity index (χ1v) is 7.55. The lowest BCUT2D eigenvalue weighted by atomic mass is 10.1. The van der Waals surface area contributed by atoms with E-state index in [9.17, 15) is 8.78 Å². The molecule has 9 heteroatoms. The summed E-state index contributed by atoms with van der Waals surface area (Å²) in [6.07, 6.45) is -2.74. The summed E-state index contributed by atoms with van der Waals surface area (Å²) in [6, 6.07) is 6.98. The molecule has 4 heterocycles. The van der Waals surface area contributed by atoms with Crippen molar-refractivity contribution in [1.29, 1.82) is 0 Å². The lowest BCUT2D eigenvalue weighted by Crippen LogP contribution is -2.40. The Morgan fingerprint density at radius 1 is 1.21 bits per heavy atom. The standard InChI is InChI=1S/C15H15F2N5O2/c1-9-2-3-11(24-9)10-8-23-7-6-21(10)13-5-4-12-18-19-15(14(16)17)22(12)20-13/h2-5,10,14H,6-8H2,1H3. The van der Waals surface area contributed by atoms with Crippen molar-refractivity contribution >= 4 is 11.5 Å². The number of hydrogen-bond acceptors (Lipinski definition) is 6. The van der Waals surface area contributed by atoms with Crippen LogP contribution in [0.25, 0.3) is 5.65 Å². The van der Waals surface area contributed by atoms with Crippen LogP contribution < -0.4 is 4.90 Å². The van der Waals surface area contributed by atoms with Gasteiger partial charge in [0, 0.05) is 6.54 Å². The molecule has 3 aromatic heterocycles. The first-order valence-electron chi connectivity index (χ1n) is 7.55. The number of nitrogens with zero attached hydrogens (tertiary/aromatic N) is 5. The van der Waals surface area contributed by atoms with Gasteiger partial charge in [-0.1, -0.05) is 0 Å². The first-order chi connectivity index (χ1) is 11.6. The molecule has 1 unspecified atom stereocenters. The molecule has 1 aliphatic rings. The van der Waals surface area contributed by atoms with Crippen LogP contribution in [0.1, 0.15) is 29.8 Å². The number of ether oxygens (including phenoxy) is 1. The minimum atomic E-state index is -2.74. The summed E-state index contributed by atoms with van der Waals surface area (Å²) in [4.78, 5) is 1.98. The van der Waals surface area contributed by atoms with Crippen LogP contribution in [0.15, 0.2) is 28.7 Å². The van der Waals surface area contributed by atoms with Crippen molar-refractivity contribution in [2.24, 2.45) is 0 Å². The van der Waals surface area contributed by atoms with Crippen molar-refractivity contribution < 1.29 is 17.9 Å². The Morgan fingerprint density at radius 3 is 2.83 bits per heavy atom. The van der Waals surface area contributed by atoms with Gasteiger partial charge in [-0.3, -0.25) is 0 Å². The SMILES string of the molecule is Cc1ccc(C2COCCN2c2ccc3nnc(C(F)F)n3n2)o1. The number of fused-ring (bicyclic) bond motifs is 1. The van der Waals surface area contributed by atoms with E-state index >= 15 is 0 Å². The van der Waals surface area contributed by atoms with Gasteiger partial charge in [-0.2, -0.15) is 4.52 Å². The van der Waals surface area contributed by atoms with Gasteiger partial charge in [0.05, 0.1) is 13.2 Å². The van der Waals surface area contributed by atoms with Crippen molar-refractivity contribution in [2.45, 2.75) is 19.4 Å². The molecule has 0 N–H and O–H groups in total. The quantitative estimate of drug-likeness (QED) is 0.733. The fourth-order valence-corrected chi connectivity index (χ4v) is 2.83. The number of furan rings is 1. The van der Waals surface area contributed by atoms with Crippen LogP contribution in [-0.2, 0) is 4.74 Å². The highest BCUT2D eigenvalue weighted by molar-refractivity contribution is 5.47. The molecule has 0 amide bonds. The van der Waals surface area contributed by atoms with Crippen LogP contribution in [0.2, 0.25) is 0 Å². The number of alkyl halides is 2. The zero-order chi connectivity index (χ0) is 16.7. The topological polar surface area (TPSA) is 68.7 Å². The molecule has 1 aliphatic heterocycles. The fraction of sp³-hybridized carbons (Fsp3) is 0.400. The van der Waals surface area contributed by atoms with Gasteiger partial charge < -0.3 is 14.1 Å². The summed E-state index contributed by atoms with van der Waals surface area (Å²) in [5.41, 5.74) is 0.285. The lowest BCUT2D eigenvalue weighted by molar-refractivity contribution is 0.0868. The predicted molar refractivity (Wildman–Crippen MR) is 80.1 cm³/mol. The Kier molecular flexibility index (Phi) is 3.64. The highest BCUT2D eigenvalue weighted by Crippen LogP contribution is 2.30. The maximum absolute atomic E-state index is 13.0. The molecular weight excluding hydrogens is 320 g/mol. The Bertz CT molecular complexity index is 863. The average Bonchev–Trinajstić information content (AvgIpc) is 3.20. The highest BCUT2D eigenvalue weighted by atomic mass is 19.3. The maximum atomic E-state index is 13.0. The van der Waals surface area contributed by atoms with E-state index < -0.39 is 12.2 Å². The Morgan fingerprint density at radius 2 is 2.08 bits per heavy atom. The molecule has 0 saturated carbocycles. The summed E-state index contributed by atoms with van der Waals surface area (Å²) in [5.74, 6) is 1.64. The van der Waals surface area contributed by atoms with Gasteiger partial charge in [0.2, 0.25) is 5.82 Å². The minimum Gasteiger partial charge on any atom is -0.464 e. The Labute approximate surface area is 135 Å². The second kappa shape index (κ2) is 5.82. The molecule has 1 fully saturated rings. The van der Waals surface area contributed by atoms with E-state index in [1.807, 2.05) is 24.0 Å². The number of rotatable bonds is 3. The van der Waals surface area contributed by atoms with Gasteiger partial charge in [0.15, 0.2) is 11.5 Å². The Hall–Kier alpha value is -2.55. The van der Waals surface area contributed by atoms with E-state index in [1.54, 1.807) is 12.1 Å².